The summed E-state index contributed by atoms with van der Waals surface area (Å²) < 4.78 is 9.57. The van der Waals surface area contributed by atoms with Crippen LogP contribution in [0.25, 0.3) is 0 Å². The van der Waals surface area contributed by atoms with Gasteiger partial charge in [-0.25, -0.2) is 0 Å². The van der Waals surface area contributed by atoms with Gasteiger partial charge in [0.25, 0.3) is 0 Å². The van der Waals surface area contributed by atoms with E-state index in [1.165, 1.54) is 32.8 Å². The van der Waals surface area contributed by atoms with Crippen LogP contribution in [0.5, 0.6) is 0 Å². The largest absolute Gasteiger partial charge is 0.468 e. The van der Waals surface area contributed by atoms with Gasteiger partial charge in [0.05, 0.1) is 14.2 Å². The van der Waals surface area contributed by atoms with E-state index < -0.39 is 17.4 Å². The Balaban J connectivity index is 3.25. The van der Waals surface area contributed by atoms with Crippen LogP contribution in [0.15, 0.2) is 35.8 Å². The summed E-state index contributed by atoms with van der Waals surface area (Å²) in [6.45, 7) is 3.46. The summed E-state index contributed by atoms with van der Waals surface area (Å²) in [7, 11) is 2.50. The Hall–Kier alpha value is -2.02. The highest BCUT2D eigenvalue weighted by atomic mass is 16.5. The highest BCUT2D eigenvalue weighted by Crippen LogP contribution is 2.29. The number of carbonyl (C=O) groups excluding carboxylic acids is 2. The van der Waals surface area contributed by atoms with Crippen molar-refractivity contribution >= 4 is 11.9 Å². The number of rotatable bonds is 5. The Labute approximate surface area is 125 Å². The lowest BCUT2D eigenvalue weighted by atomic mass is 9.83. The first-order chi connectivity index (χ1) is 10.1. The quantitative estimate of drug-likeness (QED) is 0.443. The van der Waals surface area contributed by atoms with Gasteiger partial charge in [-0.05, 0) is 43.4 Å². The average molecular weight is 290 g/mol. The van der Waals surface area contributed by atoms with Gasteiger partial charge in [-0.15, -0.1) is 11.5 Å². The lowest BCUT2D eigenvalue weighted by Gasteiger charge is -2.22. The first-order valence-electron chi connectivity index (χ1n) is 7.07. The second-order valence-electron chi connectivity index (χ2n) is 5.02. The predicted molar refractivity (Wildman–Crippen MR) is 79.5 cm³/mol. The Kier molecular flexibility index (Phi) is 6.74. The van der Waals surface area contributed by atoms with E-state index in [-0.39, 0.29) is 6.42 Å². The lowest BCUT2D eigenvalue weighted by molar-refractivity contribution is -0.164. The fourth-order valence-electron chi connectivity index (χ4n) is 2.37. The van der Waals surface area contributed by atoms with Crippen molar-refractivity contribution in [3.05, 3.63) is 35.8 Å². The normalized spacial score (nSPS) is 14.5. The molecule has 1 fully saturated rings. The van der Waals surface area contributed by atoms with Crippen LogP contribution in [-0.2, 0) is 19.1 Å². The molecule has 0 N–H and O–H groups in total. The molecule has 0 aliphatic heterocycles. The van der Waals surface area contributed by atoms with Crippen molar-refractivity contribution in [1.82, 2.24) is 0 Å². The second kappa shape index (κ2) is 8.31. The van der Waals surface area contributed by atoms with Gasteiger partial charge in [-0.2, -0.15) is 0 Å². The van der Waals surface area contributed by atoms with Gasteiger partial charge < -0.3 is 9.47 Å². The van der Waals surface area contributed by atoms with Crippen LogP contribution in [0.1, 0.15) is 38.5 Å². The molecule has 0 atom stereocenters. The van der Waals surface area contributed by atoms with E-state index in [9.17, 15) is 9.59 Å². The van der Waals surface area contributed by atoms with Gasteiger partial charge in [0.1, 0.15) is 0 Å². The Bertz CT molecular complexity index is 479. The standard InChI is InChI=1S/C17H22O4/c1-4-5-12-17(15(18)20-2,16(19)21-3)13-11-14-9-7-6-8-10-14/h5,13H,1,6-10,12H2,2-3H3. The lowest BCUT2D eigenvalue weighted by Crippen LogP contribution is -2.39. The molecule has 0 aromatic rings. The number of carbonyl (C=O) groups is 2. The zero-order chi connectivity index (χ0) is 15.7. The number of esters is 2. The molecule has 0 spiro atoms. The van der Waals surface area contributed by atoms with Gasteiger partial charge >= 0.3 is 11.9 Å². The third kappa shape index (κ3) is 4.22. The van der Waals surface area contributed by atoms with Crippen LogP contribution in [0, 0.1) is 5.41 Å². The maximum absolute atomic E-state index is 12.1. The second-order valence-corrected chi connectivity index (χ2v) is 5.02. The first-order valence-corrected chi connectivity index (χ1v) is 7.07. The fraction of sp³-hybridized carbons (Fsp3) is 0.529. The maximum Gasteiger partial charge on any atom is 0.328 e. The SMILES string of the molecule is C=C=CCC(C=C=C1CCCCC1)(C(=O)OC)C(=O)OC. The van der Waals surface area contributed by atoms with Crippen molar-refractivity contribution in [1.29, 1.82) is 0 Å². The van der Waals surface area contributed by atoms with E-state index in [4.69, 9.17) is 9.47 Å². The van der Waals surface area contributed by atoms with E-state index in [0.717, 1.165) is 31.3 Å². The molecule has 0 aromatic heterocycles. The van der Waals surface area contributed by atoms with Gasteiger partial charge in [-0.3, -0.25) is 9.59 Å². The molecule has 0 aromatic carbocycles. The van der Waals surface area contributed by atoms with Crippen LogP contribution in [0.3, 0.4) is 0 Å². The highest BCUT2D eigenvalue weighted by molar-refractivity contribution is 6.02. The summed E-state index contributed by atoms with van der Waals surface area (Å²) >= 11 is 0. The van der Waals surface area contributed by atoms with Gasteiger partial charge in [0, 0.05) is 6.42 Å². The Morgan fingerprint density at radius 3 is 2.24 bits per heavy atom. The molecule has 0 bridgehead atoms. The summed E-state index contributed by atoms with van der Waals surface area (Å²) in [6, 6.07) is 0. The molecule has 1 aliphatic carbocycles. The number of hydrogen-bond acceptors (Lipinski definition) is 4. The zero-order valence-corrected chi connectivity index (χ0v) is 12.7. The van der Waals surface area contributed by atoms with Crippen molar-refractivity contribution < 1.29 is 19.1 Å². The van der Waals surface area contributed by atoms with Crippen LogP contribution < -0.4 is 0 Å². The fourth-order valence-corrected chi connectivity index (χ4v) is 2.37. The van der Waals surface area contributed by atoms with Crippen molar-refractivity contribution in [3.8, 4) is 0 Å². The molecule has 1 aliphatic rings. The molecular formula is C17H22O4. The number of ether oxygens (including phenoxy) is 2. The molecule has 0 saturated heterocycles. The van der Waals surface area contributed by atoms with Crippen LogP contribution in [-0.4, -0.2) is 26.2 Å². The minimum atomic E-state index is -1.52. The smallest absolute Gasteiger partial charge is 0.328 e. The molecule has 0 heterocycles. The zero-order valence-electron chi connectivity index (χ0n) is 12.7. The molecule has 4 heteroatoms. The summed E-state index contributed by atoms with van der Waals surface area (Å²) in [5.41, 5.74) is 5.31. The maximum atomic E-state index is 12.1. The van der Waals surface area contributed by atoms with Crippen molar-refractivity contribution in [3.63, 3.8) is 0 Å². The molecular weight excluding hydrogens is 268 g/mol. The summed E-state index contributed by atoms with van der Waals surface area (Å²) in [6.07, 6.45) is 8.45. The van der Waals surface area contributed by atoms with E-state index in [1.807, 2.05) is 0 Å². The summed E-state index contributed by atoms with van der Waals surface area (Å²) in [5.74, 6) is -1.32. The molecule has 4 nitrogen and oxygen atoms in total. The monoisotopic (exact) mass is 290 g/mol. The minimum absolute atomic E-state index is 0.0934. The van der Waals surface area contributed by atoms with Crippen LogP contribution >= 0.6 is 0 Å². The van der Waals surface area contributed by atoms with Crippen LogP contribution in [0.4, 0.5) is 0 Å². The molecule has 21 heavy (non-hydrogen) atoms. The topological polar surface area (TPSA) is 52.6 Å². The van der Waals surface area contributed by atoms with Crippen molar-refractivity contribution in [2.75, 3.05) is 14.2 Å². The van der Waals surface area contributed by atoms with Crippen molar-refractivity contribution in [2.24, 2.45) is 5.41 Å². The van der Waals surface area contributed by atoms with E-state index in [1.54, 1.807) is 0 Å². The molecule has 114 valence electrons. The minimum Gasteiger partial charge on any atom is -0.468 e. The third-order valence-electron chi connectivity index (χ3n) is 3.65. The molecule has 1 rings (SSSR count). The highest BCUT2D eigenvalue weighted by Gasteiger charge is 2.45. The molecule has 1 saturated carbocycles. The van der Waals surface area contributed by atoms with Crippen LogP contribution in [0.2, 0.25) is 0 Å². The Morgan fingerprint density at radius 2 is 1.76 bits per heavy atom. The van der Waals surface area contributed by atoms with E-state index >= 15 is 0 Å². The van der Waals surface area contributed by atoms with E-state index in [2.05, 4.69) is 18.0 Å². The Morgan fingerprint density at radius 1 is 1.19 bits per heavy atom. The van der Waals surface area contributed by atoms with Gasteiger partial charge in [0.15, 0.2) is 5.41 Å². The molecule has 0 radical (unpaired) electrons. The third-order valence-corrected chi connectivity index (χ3v) is 3.65. The molecule has 0 unspecified atom stereocenters. The average Bonchev–Trinajstić information content (AvgIpc) is 2.55. The van der Waals surface area contributed by atoms with Crippen molar-refractivity contribution in [2.45, 2.75) is 38.5 Å². The van der Waals surface area contributed by atoms with E-state index in [0.29, 0.717) is 0 Å². The number of allylic oxidation sites excluding steroid dienone is 1. The summed E-state index contributed by atoms with van der Waals surface area (Å²) in [5, 5.41) is 0. The number of methoxy groups -OCH3 is 2. The molecule has 0 amide bonds. The number of hydrogen-bond donors (Lipinski definition) is 0. The predicted octanol–water partition coefficient (Wildman–Crippen LogP) is 3.10. The summed E-state index contributed by atoms with van der Waals surface area (Å²) in [4.78, 5) is 24.3. The first kappa shape index (κ1) is 17.0. The van der Waals surface area contributed by atoms with Gasteiger partial charge in [-0.1, -0.05) is 13.0 Å². The van der Waals surface area contributed by atoms with Gasteiger partial charge in [0.2, 0.25) is 0 Å².